The number of aromatic nitrogens is 2. The fourth-order valence-electron chi connectivity index (χ4n) is 2.02. The number of carbonyl (C=O) groups is 1. The first-order valence-corrected chi connectivity index (χ1v) is 9.15. The number of rotatable bonds is 6. The van der Waals surface area contributed by atoms with E-state index in [2.05, 4.69) is 15.5 Å². The molecule has 0 unspecified atom stereocenters. The van der Waals surface area contributed by atoms with Crippen molar-refractivity contribution in [1.29, 1.82) is 0 Å². The summed E-state index contributed by atoms with van der Waals surface area (Å²) in [5, 5.41) is 10.9. The van der Waals surface area contributed by atoms with Gasteiger partial charge in [-0.3, -0.25) is 4.79 Å². The van der Waals surface area contributed by atoms with Crippen molar-refractivity contribution in [3.05, 3.63) is 5.89 Å². The quantitative estimate of drug-likeness (QED) is 0.593. The van der Waals surface area contributed by atoms with Crippen LogP contribution in [0.5, 0.6) is 0 Å². The lowest BCUT2D eigenvalue weighted by Gasteiger charge is -2.02. The molecule has 1 fully saturated rings. The van der Waals surface area contributed by atoms with E-state index >= 15 is 0 Å². The van der Waals surface area contributed by atoms with Gasteiger partial charge in [0.2, 0.25) is 11.8 Å². The van der Waals surface area contributed by atoms with E-state index in [4.69, 9.17) is 4.42 Å². The predicted molar refractivity (Wildman–Crippen MR) is 74.2 cm³/mol. The maximum atomic E-state index is 11.4. The lowest BCUT2D eigenvalue weighted by Crippen LogP contribution is -2.22. The largest absolute Gasteiger partial charge is 0.416 e. The number of sulfone groups is 1. The molecule has 112 valence electrons. The van der Waals surface area contributed by atoms with Crippen molar-refractivity contribution in [3.63, 3.8) is 0 Å². The molecule has 2 rings (SSSR count). The van der Waals surface area contributed by atoms with Gasteiger partial charge in [-0.25, -0.2) is 8.42 Å². The number of nitrogens with zero attached hydrogens (tertiary/aromatic N) is 2. The van der Waals surface area contributed by atoms with E-state index in [9.17, 15) is 13.2 Å². The third kappa shape index (κ3) is 4.78. The molecule has 1 aromatic rings. The number of thioether (sulfide) groups is 1. The maximum Gasteiger partial charge on any atom is 0.276 e. The smallest absolute Gasteiger partial charge is 0.276 e. The Balaban J connectivity index is 1.76. The lowest BCUT2D eigenvalue weighted by molar-refractivity contribution is -0.118. The molecule has 0 radical (unpaired) electrons. The van der Waals surface area contributed by atoms with Crippen LogP contribution in [0, 0.1) is 5.92 Å². The van der Waals surface area contributed by atoms with Crippen molar-refractivity contribution < 1.29 is 17.6 Å². The van der Waals surface area contributed by atoms with E-state index < -0.39 is 9.84 Å². The summed E-state index contributed by atoms with van der Waals surface area (Å²) in [5.41, 5.74) is 0. The Morgan fingerprint density at radius 2 is 2.30 bits per heavy atom. The van der Waals surface area contributed by atoms with Crippen molar-refractivity contribution in [1.82, 2.24) is 15.5 Å². The molecule has 1 aliphatic heterocycles. The Morgan fingerprint density at radius 3 is 2.95 bits per heavy atom. The third-order valence-electron chi connectivity index (χ3n) is 2.94. The van der Waals surface area contributed by atoms with Crippen molar-refractivity contribution in [2.75, 3.05) is 23.8 Å². The summed E-state index contributed by atoms with van der Waals surface area (Å²) < 4.78 is 28.2. The zero-order chi connectivity index (χ0) is 14.6. The van der Waals surface area contributed by atoms with Crippen LogP contribution in [0.25, 0.3) is 0 Å². The van der Waals surface area contributed by atoms with Crippen LogP contribution >= 0.6 is 11.8 Å². The van der Waals surface area contributed by atoms with Crippen LogP contribution in [0.2, 0.25) is 0 Å². The molecule has 0 aromatic carbocycles. The second-order valence-corrected chi connectivity index (χ2v) is 8.04. The summed E-state index contributed by atoms with van der Waals surface area (Å²) in [6.07, 6.45) is 1.17. The second-order valence-electron chi connectivity index (χ2n) is 4.77. The Hall–Kier alpha value is -1.09. The number of hydrogen-bond acceptors (Lipinski definition) is 7. The van der Waals surface area contributed by atoms with E-state index in [0.717, 1.165) is 0 Å². The SMILES string of the molecule is CC(=O)NCCSc1nnc(C[C@H]2CCS(=O)(=O)C2)o1. The standard InChI is InChI=1S/C11H17N3O4S2/c1-8(15)12-3-4-19-11-14-13-10(18-11)6-9-2-5-20(16,17)7-9/h9H,2-7H2,1H3,(H,12,15)/t9-/m1/s1. The fourth-order valence-corrected chi connectivity index (χ4v) is 4.52. The number of hydrogen-bond donors (Lipinski definition) is 1. The molecule has 1 N–H and O–H groups in total. The average Bonchev–Trinajstić information content (AvgIpc) is 2.92. The zero-order valence-corrected chi connectivity index (χ0v) is 12.8. The Bertz CT molecular complexity index is 570. The lowest BCUT2D eigenvalue weighted by atomic mass is 10.1. The summed E-state index contributed by atoms with van der Waals surface area (Å²) >= 11 is 1.37. The predicted octanol–water partition coefficient (Wildman–Crippen LogP) is 0.275. The van der Waals surface area contributed by atoms with E-state index in [0.29, 0.717) is 36.3 Å². The molecule has 1 aliphatic rings. The first-order chi connectivity index (χ1) is 9.44. The van der Waals surface area contributed by atoms with Crippen LogP contribution in [0.3, 0.4) is 0 Å². The normalized spacial score (nSPS) is 20.9. The summed E-state index contributed by atoms with van der Waals surface area (Å²) in [4.78, 5) is 10.7. The minimum Gasteiger partial charge on any atom is -0.416 e. The van der Waals surface area contributed by atoms with Crippen molar-refractivity contribution in [3.8, 4) is 0 Å². The molecule has 9 heteroatoms. The van der Waals surface area contributed by atoms with Gasteiger partial charge in [0.05, 0.1) is 11.5 Å². The van der Waals surface area contributed by atoms with Crippen LogP contribution in [0.1, 0.15) is 19.2 Å². The topological polar surface area (TPSA) is 102 Å². The highest BCUT2D eigenvalue weighted by molar-refractivity contribution is 7.99. The number of amides is 1. The molecule has 1 aromatic heterocycles. The molecule has 20 heavy (non-hydrogen) atoms. The van der Waals surface area contributed by atoms with Gasteiger partial charge in [0.25, 0.3) is 5.22 Å². The zero-order valence-electron chi connectivity index (χ0n) is 11.2. The van der Waals surface area contributed by atoms with Gasteiger partial charge in [-0.2, -0.15) is 0 Å². The minimum absolute atomic E-state index is 0.0701. The first-order valence-electron chi connectivity index (χ1n) is 6.34. The van der Waals surface area contributed by atoms with Crippen LogP contribution in [-0.2, 0) is 21.1 Å². The van der Waals surface area contributed by atoms with Crippen LogP contribution in [-0.4, -0.2) is 48.3 Å². The summed E-state index contributed by atoms with van der Waals surface area (Å²) in [6.45, 7) is 2.00. The minimum atomic E-state index is -2.87. The molecular weight excluding hydrogens is 302 g/mol. The first kappa shape index (κ1) is 15.3. The van der Waals surface area contributed by atoms with Crippen LogP contribution < -0.4 is 5.32 Å². The monoisotopic (exact) mass is 319 g/mol. The molecule has 1 amide bonds. The molecular formula is C11H17N3O4S2. The van der Waals surface area contributed by atoms with Gasteiger partial charge in [0.15, 0.2) is 9.84 Å². The summed E-state index contributed by atoms with van der Waals surface area (Å²) in [7, 11) is -2.87. The van der Waals surface area contributed by atoms with Gasteiger partial charge >= 0.3 is 0 Å². The van der Waals surface area contributed by atoms with E-state index in [-0.39, 0.29) is 23.3 Å². The highest BCUT2D eigenvalue weighted by Gasteiger charge is 2.29. The van der Waals surface area contributed by atoms with Gasteiger partial charge in [-0.15, -0.1) is 10.2 Å². The number of carbonyl (C=O) groups excluding carboxylic acids is 1. The Labute approximate surface area is 121 Å². The van der Waals surface area contributed by atoms with Crippen LogP contribution in [0.15, 0.2) is 9.64 Å². The Morgan fingerprint density at radius 1 is 1.50 bits per heavy atom. The van der Waals surface area contributed by atoms with Crippen molar-refractivity contribution in [2.24, 2.45) is 5.92 Å². The summed E-state index contributed by atoms with van der Waals surface area (Å²) in [5.74, 6) is 1.61. The van der Waals surface area contributed by atoms with E-state index in [1.165, 1.54) is 18.7 Å². The number of nitrogens with one attached hydrogen (secondary N) is 1. The third-order valence-corrected chi connectivity index (χ3v) is 5.60. The van der Waals surface area contributed by atoms with E-state index in [1.807, 2.05) is 0 Å². The Kier molecular flexibility index (Phi) is 5.03. The van der Waals surface area contributed by atoms with Crippen LogP contribution in [0.4, 0.5) is 0 Å². The van der Waals surface area contributed by atoms with Gasteiger partial charge in [0.1, 0.15) is 0 Å². The summed E-state index contributed by atoms with van der Waals surface area (Å²) in [6, 6.07) is 0. The molecule has 7 nitrogen and oxygen atoms in total. The highest BCUT2D eigenvalue weighted by Crippen LogP contribution is 2.23. The van der Waals surface area contributed by atoms with Crippen molar-refractivity contribution >= 4 is 27.5 Å². The van der Waals surface area contributed by atoms with Crippen molar-refractivity contribution in [2.45, 2.75) is 25.0 Å². The second kappa shape index (κ2) is 6.57. The fraction of sp³-hybridized carbons (Fsp3) is 0.727. The van der Waals surface area contributed by atoms with Gasteiger partial charge in [-0.05, 0) is 12.3 Å². The molecule has 0 aliphatic carbocycles. The molecule has 0 saturated carbocycles. The van der Waals surface area contributed by atoms with Gasteiger partial charge in [-0.1, -0.05) is 11.8 Å². The molecule has 1 atom stereocenters. The molecule has 0 bridgehead atoms. The molecule has 0 spiro atoms. The highest BCUT2D eigenvalue weighted by atomic mass is 32.2. The average molecular weight is 319 g/mol. The van der Waals surface area contributed by atoms with E-state index in [1.54, 1.807) is 0 Å². The van der Waals surface area contributed by atoms with Gasteiger partial charge in [0, 0.05) is 25.6 Å². The molecule has 2 heterocycles. The maximum absolute atomic E-state index is 11.4. The van der Waals surface area contributed by atoms with Gasteiger partial charge < -0.3 is 9.73 Å². The molecule has 1 saturated heterocycles.